The molecule has 1 atom stereocenters. The maximum atomic E-state index is 13.1. The second-order valence-corrected chi connectivity index (χ2v) is 7.73. The van der Waals surface area contributed by atoms with E-state index in [1.807, 2.05) is 12.1 Å². The van der Waals surface area contributed by atoms with Crippen LogP contribution in [-0.4, -0.2) is 36.3 Å². The van der Waals surface area contributed by atoms with E-state index in [-0.39, 0.29) is 11.9 Å². The highest BCUT2D eigenvalue weighted by atomic mass is 16.3. The minimum absolute atomic E-state index is 0.0930. The minimum Gasteiger partial charge on any atom is -0.467 e. The molecule has 142 valence electrons. The van der Waals surface area contributed by atoms with Crippen LogP contribution in [-0.2, 0) is 4.79 Å². The zero-order valence-corrected chi connectivity index (χ0v) is 16.0. The number of nitrogens with one attached hydrogen (secondary N) is 1. The minimum atomic E-state index is -0.143. The highest BCUT2D eigenvalue weighted by Gasteiger charge is 2.36. The van der Waals surface area contributed by atoms with Crippen LogP contribution in [0.4, 0.5) is 0 Å². The fourth-order valence-corrected chi connectivity index (χ4v) is 4.06. The lowest BCUT2D eigenvalue weighted by Crippen LogP contribution is -3.13. The Morgan fingerprint density at radius 2 is 1.89 bits per heavy atom. The Labute approximate surface area is 160 Å². The number of furan rings is 1. The van der Waals surface area contributed by atoms with Crippen molar-refractivity contribution in [2.45, 2.75) is 45.1 Å². The largest absolute Gasteiger partial charge is 0.467 e. The first-order chi connectivity index (χ1) is 13.2. The number of quaternary nitrogens is 1. The molecule has 0 spiro atoms. The number of aryl methyl sites for hydroxylation is 1. The van der Waals surface area contributed by atoms with Crippen molar-refractivity contribution < 1.29 is 14.1 Å². The summed E-state index contributed by atoms with van der Waals surface area (Å²) in [5.74, 6) is 0.899. The van der Waals surface area contributed by atoms with Crippen molar-refractivity contribution >= 4 is 11.6 Å². The molecule has 5 heteroatoms. The summed E-state index contributed by atoms with van der Waals surface area (Å²) in [5, 5.41) is 6.41. The van der Waals surface area contributed by atoms with E-state index >= 15 is 0 Å². The summed E-state index contributed by atoms with van der Waals surface area (Å²) in [6.07, 6.45) is 7.35. The number of nitrogens with zero attached hydrogens (tertiary/aromatic N) is 2. The molecule has 0 bridgehead atoms. The second kappa shape index (κ2) is 8.09. The van der Waals surface area contributed by atoms with Crippen molar-refractivity contribution in [3.8, 4) is 0 Å². The third-order valence-corrected chi connectivity index (χ3v) is 5.63. The van der Waals surface area contributed by atoms with Gasteiger partial charge in [0.15, 0.2) is 6.54 Å². The first kappa shape index (κ1) is 18.0. The van der Waals surface area contributed by atoms with E-state index < -0.39 is 0 Å². The Morgan fingerprint density at radius 1 is 1.15 bits per heavy atom. The topological polar surface area (TPSA) is 50.2 Å². The molecule has 1 amide bonds. The highest BCUT2D eigenvalue weighted by molar-refractivity contribution is 6.03. The number of hydrogen-bond donors (Lipinski definition) is 1. The molecule has 1 saturated heterocycles. The predicted octanol–water partition coefficient (Wildman–Crippen LogP) is 2.72. The second-order valence-electron chi connectivity index (χ2n) is 7.73. The van der Waals surface area contributed by atoms with Crippen LogP contribution in [0.3, 0.4) is 0 Å². The van der Waals surface area contributed by atoms with Gasteiger partial charge in [-0.25, -0.2) is 5.01 Å². The number of amides is 1. The predicted molar refractivity (Wildman–Crippen MR) is 105 cm³/mol. The van der Waals surface area contributed by atoms with Crippen LogP contribution in [0.25, 0.3) is 0 Å². The normalized spacial score (nSPS) is 21.1. The standard InChI is InChI=1S/C22H27N3O2/c1-17-8-10-18(11-9-17)19-15-20(21-7-6-14-27-21)25(23-19)22(26)16-24-12-4-2-3-5-13-24/h6-11,14,20H,2-5,12-13,15-16H2,1H3/p+1/t20-/m1/s1. The molecule has 2 aromatic rings. The fourth-order valence-electron chi connectivity index (χ4n) is 4.06. The van der Waals surface area contributed by atoms with E-state index in [1.165, 1.54) is 36.1 Å². The van der Waals surface area contributed by atoms with E-state index in [2.05, 4.69) is 31.2 Å². The first-order valence-corrected chi connectivity index (χ1v) is 10.0. The molecule has 0 saturated carbocycles. The molecule has 2 aliphatic heterocycles. The lowest BCUT2D eigenvalue weighted by Gasteiger charge is -2.23. The zero-order valence-electron chi connectivity index (χ0n) is 16.0. The molecule has 0 aliphatic carbocycles. The summed E-state index contributed by atoms with van der Waals surface area (Å²) in [7, 11) is 0. The van der Waals surface area contributed by atoms with E-state index in [4.69, 9.17) is 9.52 Å². The van der Waals surface area contributed by atoms with Gasteiger partial charge in [0.2, 0.25) is 0 Å². The van der Waals surface area contributed by atoms with Crippen LogP contribution < -0.4 is 4.90 Å². The number of carbonyl (C=O) groups excluding carboxylic acids is 1. The monoisotopic (exact) mass is 366 g/mol. The van der Waals surface area contributed by atoms with Gasteiger partial charge in [-0.05, 0) is 50.3 Å². The Morgan fingerprint density at radius 3 is 2.56 bits per heavy atom. The molecule has 2 aliphatic rings. The molecule has 4 rings (SSSR count). The van der Waals surface area contributed by atoms with Gasteiger partial charge in [-0.15, -0.1) is 0 Å². The maximum Gasteiger partial charge on any atom is 0.298 e. The molecule has 27 heavy (non-hydrogen) atoms. The Bertz CT molecular complexity index is 787. The van der Waals surface area contributed by atoms with Gasteiger partial charge < -0.3 is 9.32 Å². The van der Waals surface area contributed by atoms with Crippen molar-refractivity contribution in [2.24, 2.45) is 5.10 Å². The Hall–Kier alpha value is -2.40. The fraction of sp³-hybridized carbons (Fsp3) is 0.455. The van der Waals surface area contributed by atoms with Gasteiger partial charge >= 0.3 is 0 Å². The summed E-state index contributed by atoms with van der Waals surface area (Å²) in [5.41, 5.74) is 3.25. The van der Waals surface area contributed by atoms with Gasteiger partial charge in [0.1, 0.15) is 11.8 Å². The molecule has 1 N–H and O–H groups in total. The van der Waals surface area contributed by atoms with E-state index in [1.54, 1.807) is 11.3 Å². The van der Waals surface area contributed by atoms with Crippen molar-refractivity contribution in [3.05, 3.63) is 59.5 Å². The van der Waals surface area contributed by atoms with E-state index in [0.717, 1.165) is 30.1 Å². The van der Waals surface area contributed by atoms with Gasteiger partial charge in [0, 0.05) is 6.42 Å². The Kier molecular flexibility index (Phi) is 5.39. The summed E-state index contributed by atoms with van der Waals surface area (Å²) >= 11 is 0. The number of hydrazone groups is 1. The smallest absolute Gasteiger partial charge is 0.298 e. The maximum absolute atomic E-state index is 13.1. The van der Waals surface area contributed by atoms with Crippen molar-refractivity contribution in [1.29, 1.82) is 0 Å². The molecular weight excluding hydrogens is 338 g/mol. The molecule has 1 fully saturated rings. The van der Waals surface area contributed by atoms with Crippen LogP contribution in [0.5, 0.6) is 0 Å². The van der Waals surface area contributed by atoms with Crippen molar-refractivity contribution in [2.75, 3.05) is 19.6 Å². The molecule has 5 nitrogen and oxygen atoms in total. The highest BCUT2D eigenvalue weighted by Crippen LogP contribution is 2.32. The number of rotatable bonds is 4. The summed E-state index contributed by atoms with van der Waals surface area (Å²) in [4.78, 5) is 14.5. The average Bonchev–Trinajstić information content (AvgIpc) is 3.28. The van der Waals surface area contributed by atoms with Crippen LogP contribution in [0.1, 0.15) is 55.0 Å². The summed E-state index contributed by atoms with van der Waals surface area (Å²) < 4.78 is 5.64. The molecule has 0 radical (unpaired) electrons. The number of carbonyl (C=O) groups is 1. The molecular formula is C22H28N3O2+. The van der Waals surface area contributed by atoms with Gasteiger partial charge in [-0.1, -0.05) is 29.8 Å². The first-order valence-electron chi connectivity index (χ1n) is 10.0. The number of benzene rings is 1. The summed E-state index contributed by atoms with van der Waals surface area (Å²) in [6.45, 7) is 4.76. The third kappa shape index (κ3) is 4.14. The third-order valence-electron chi connectivity index (χ3n) is 5.63. The molecule has 3 heterocycles. The van der Waals surface area contributed by atoms with Gasteiger partial charge in [-0.3, -0.25) is 4.79 Å². The lowest BCUT2D eigenvalue weighted by molar-refractivity contribution is -0.891. The van der Waals surface area contributed by atoms with Gasteiger partial charge in [0.25, 0.3) is 5.91 Å². The van der Waals surface area contributed by atoms with Gasteiger partial charge in [0.05, 0.1) is 25.1 Å². The summed E-state index contributed by atoms with van der Waals surface area (Å²) in [6, 6.07) is 12.0. The molecule has 0 unspecified atom stereocenters. The average molecular weight is 366 g/mol. The Balaban J connectivity index is 1.55. The van der Waals surface area contributed by atoms with Crippen molar-refractivity contribution in [1.82, 2.24) is 5.01 Å². The quantitative estimate of drug-likeness (QED) is 0.905. The lowest BCUT2D eigenvalue weighted by atomic mass is 10.0. The van der Waals surface area contributed by atoms with Crippen LogP contribution in [0.2, 0.25) is 0 Å². The van der Waals surface area contributed by atoms with E-state index in [9.17, 15) is 4.79 Å². The number of hydrogen-bond acceptors (Lipinski definition) is 3. The van der Waals surface area contributed by atoms with Crippen LogP contribution in [0.15, 0.2) is 52.2 Å². The SMILES string of the molecule is Cc1ccc(C2=NN(C(=O)C[NH+]3CCCCCC3)[C@@H](c3ccco3)C2)cc1. The van der Waals surface area contributed by atoms with Crippen LogP contribution in [0, 0.1) is 6.92 Å². The zero-order chi connectivity index (χ0) is 18.6. The van der Waals surface area contributed by atoms with Crippen LogP contribution >= 0.6 is 0 Å². The van der Waals surface area contributed by atoms with Gasteiger partial charge in [-0.2, -0.15) is 5.10 Å². The molecule has 1 aromatic heterocycles. The van der Waals surface area contributed by atoms with E-state index in [0.29, 0.717) is 13.0 Å². The van der Waals surface area contributed by atoms with Crippen molar-refractivity contribution in [3.63, 3.8) is 0 Å². The number of likely N-dealkylation sites (tertiary alicyclic amines) is 1. The molecule has 1 aromatic carbocycles.